The Bertz CT molecular complexity index is 727. The number of rotatable bonds is 8. The minimum absolute atomic E-state index is 0. The first-order chi connectivity index (χ1) is 12.0. The Morgan fingerprint density at radius 2 is 2.12 bits per heavy atom. The van der Waals surface area contributed by atoms with E-state index in [0.29, 0.717) is 29.2 Å². The molecule has 0 spiro atoms. The molecule has 2 amide bonds. The molecule has 0 aliphatic rings. The average molecular weight is 434 g/mol. The van der Waals surface area contributed by atoms with Crippen LogP contribution < -0.4 is 16.4 Å². The minimum Gasteiger partial charge on any atom is -0.347 e. The third-order valence-electron chi connectivity index (χ3n) is 3.45. The van der Waals surface area contributed by atoms with Gasteiger partial charge >= 0.3 is 0 Å². The van der Waals surface area contributed by atoms with Crippen molar-refractivity contribution in [3.05, 3.63) is 51.2 Å². The Kier molecular flexibility index (Phi) is 10.0. The van der Waals surface area contributed by atoms with E-state index in [0.717, 1.165) is 10.6 Å². The lowest BCUT2D eigenvalue weighted by molar-refractivity contribution is -0.117. The normalized spacial score (nSPS) is 11.3. The molecule has 142 valence electrons. The predicted molar refractivity (Wildman–Crippen MR) is 114 cm³/mol. The second-order valence-corrected chi connectivity index (χ2v) is 7.76. The van der Waals surface area contributed by atoms with Crippen molar-refractivity contribution < 1.29 is 9.59 Å². The minimum atomic E-state index is -0.584. The van der Waals surface area contributed by atoms with Gasteiger partial charge in [0.05, 0.1) is 23.2 Å². The highest BCUT2D eigenvalue weighted by Crippen LogP contribution is 2.21. The molecule has 0 saturated carbocycles. The Morgan fingerprint density at radius 3 is 2.77 bits per heavy atom. The SMILES string of the molecule is CSCC[C@H](N)C(=O)Nc1ccc(Cl)c(C(=O)NCc2cccs2)c1.Cl. The molecule has 1 heterocycles. The molecule has 0 fully saturated rings. The summed E-state index contributed by atoms with van der Waals surface area (Å²) in [6, 6.07) is 8.08. The number of thioether (sulfide) groups is 1. The van der Waals surface area contributed by atoms with E-state index in [2.05, 4.69) is 10.6 Å². The molecule has 2 aromatic rings. The lowest BCUT2D eigenvalue weighted by atomic mass is 10.1. The van der Waals surface area contributed by atoms with Gasteiger partial charge in [0.15, 0.2) is 0 Å². The van der Waals surface area contributed by atoms with Gasteiger partial charge in [-0.25, -0.2) is 0 Å². The number of carbonyl (C=O) groups excluding carboxylic acids is 2. The summed E-state index contributed by atoms with van der Waals surface area (Å²) in [5.74, 6) is 0.244. The van der Waals surface area contributed by atoms with Crippen LogP contribution in [0.5, 0.6) is 0 Å². The number of anilines is 1. The van der Waals surface area contributed by atoms with Crippen molar-refractivity contribution in [1.82, 2.24) is 5.32 Å². The Hall–Kier alpha value is -1.25. The van der Waals surface area contributed by atoms with Crippen molar-refractivity contribution in [2.24, 2.45) is 5.73 Å². The van der Waals surface area contributed by atoms with Gasteiger partial charge in [0.1, 0.15) is 0 Å². The summed E-state index contributed by atoms with van der Waals surface area (Å²) in [6.07, 6.45) is 2.56. The zero-order valence-corrected chi connectivity index (χ0v) is 17.4. The summed E-state index contributed by atoms with van der Waals surface area (Å²) in [6.45, 7) is 0.434. The zero-order chi connectivity index (χ0) is 18.2. The van der Waals surface area contributed by atoms with Gasteiger partial charge in [-0.05, 0) is 48.1 Å². The fourth-order valence-corrected chi connectivity index (χ4v) is 3.40. The standard InChI is InChI=1S/C17H20ClN3O2S2.ClH/c1-24-8-6-15(19)17(23)21-11-4-5-14(18)13(9-11)16(22)20-10-12-3-2-7-25-12;/h2-5,7,9,15H,6,8,10,19H2,1H3,(H,20,22)(H,21,23);1H/t15-;/m0./s1. The molecule has 0 saturated heterocycles. The topological polar surface area (TPSA) is 84.2 Å². The molecule has 5 nitrogen and oxygen atoms in total. The van der Waals surface area contributed by atoms with Crippen molar-refractivity contribution >= 4 is 64.6 Å². The summed E-state index contributed by atoms with van der Waals surface area (Å²) < 4.78 is 0. The van der Waals surface area contributed by atoms with E-state index in [1.54, 1.807) is 41.3 Å². The number of halogens is 2. The van der Waals surface area contributed by atoms with Gasteiger partial charge in [-0.15, -0.1) is 23.7 Å². The Labute approximate surface area is 172 Å². The van der Waals surface area contributed by atoms with Crippen molar-refractivity contribution in [1.29, 1.82) is 0 Å². The summed E-state index contributed by atoms with van der Waals surface area (Å²) in [5, 5.41) is 7.83. The van der Waals surface area contributed by atoms with Crippen LogP contribution in [0.3, 0.4) is 0 Å². The highest BCUT2D eigenvalue weighted by Gasteiger charge is 2.16. The number of nitrogens with two attached hydrogens (primary N) is 1. The van der Waals surface area contributed by atoms with E-state index in [9.17, 15) is 9.59 Å². The lowest BCUT2D eigenvalue weighted by Crippen LogP contribution is -2.36. The molecule has 9 heteroatoms. The van der Waals surface area contributed by atoms with Gasteiger partial charge in [-0.2, -0.15) is 11.8 Å². The van der Waals surface area contributed by atoms with Crippen LogP contribution in [0.4, 0.5) is 5.69 Å². The van der Waals surface area contributed by atoms with E-state index in [1.807, 2.05) is 23.8 Å². The van der Waals surface area contributed by atoms with Crippen LogP contribution in [0.2, 0.25) is 5.02 Å². The molecular formula is C17H21Cl2N3O2S2. The van der Waals surface area contributed by atoms with E-state index >= 15 is 0 Å². The molecular weight excluding hydrogens is 413 g/mol. The molecule has 0 aliphatic heterocycles. The van der Waals surface area contributed by atoms with Crippen molar-refractivity contribution in [3.8, 4) is 0 Å². The molecule has 26 heavy (non-hydrogen) atoms. The zero-order valence-electron chi connectivity index (χ0n) is 14.2. The van der Waals surface area contributed by atoms with E-state index in [1.165, 1.54) is 0 Å². The number of benzene rings is 1. The molecule has 0 radical (unpaired) electrons. The van der Waals surface area contributed by atoms with Gasteiger partial charge in [0, 0.05) is 10.6 Å². The number of thiophene rings is 1. The summed E-state index contributed by atoms with van der Waals surface area (Å²) in [5.41, 5.74) is 6.66. The van der Waals surface area contributed by atoms with E-state index in [-0.39, 0.29) is 24.2 Å². The largest absolute Gasteiger partial charge is 0.347 e. The summed E-state index contributed by atoms with van der Waals surface area (Å²) in [4.78, 5) is 25.5. The molecule has 2 rings (SSSR count). The highest BCUT2D eigenvalue weighted by molar-refractivity contribution is 7.98. The Balaban J connectivity index is 0.00000338. The lowest BCUT2D eigenvalue weighted by Gasteiger charge is -2.13. The molecule has 1 atom stereocenters. The van der Waals surface area contributed by atoms with Crippen molar-refractivity contribution in [3.63, 3.8) is 0 Å². The first-order valence-corrected chi connectivity index (χ1v) is 10.3. The second kappa shape index (κ2) is 11.5. The van der Waals surface area contributed by atoms with Gasteiger partial charge in [-0.3, -0.25) is 9.59 Å². The van der Waals surface area contributed by atoms with Crippen LogP contribution in [0, 0.1) is 0 Å². The van der Waals surface area contributed by atoms with Gasteiger partial charge in [0.25, 0.3) is 5.91 Å². The first-order valence-electron chi connectivity index (χ1n) is 7.66. The predicted octanol–water partition coefficient (Wildman–Crippen LogP) is 3.77. The fraction of sp³-hybridized carbons (Fsp3) is 0.294. The number of hydrogen-bond donors (Lipinski definition) is 3. The van der Waals surface area contributed by atoms with Gasteiger partial charge in [-0.1, -0.05) is 17.7 Å². The maximum absolute atomic E-state index is 12.3. The smallest absolute Gasteiger partial charge is 0.253 e. The second-order valence-electron chi connectivity index (χ2n) is 5.33. The van der Waals surface area contributed by atoms with Gasteiger partial charge in [0.2, 0.25) is 5.91 Å². The summed E-state index contributed by atoms with van der Waals surface area (Å²) in [7, 11) is 0. The Morgan fingerprint density at radius 1 is 1.35 bits per heavy atom. The maximum Gasteiger partial charge on any atom is 0.253 e. The first kappa shape index (κ1) is 22.8. The number of hydrogen-bond acceptors (Lipinski definition) is 5. The van der Waals surface area contributed by atoms with Crippen LogP contribution in [-0.4, -0.2) is 29.9 Å². The highest BCUT2D eigenvalue weighted by atomic mass is 35.5. The van der Waals surface area contributed by atoms with Crippen molar-refractivity contribution in [2.45, 2.75) is 19.0 Å². The fourth-order valence-electron chi connectivity index (χ4n) is 2.06. The monoisotopic (exact) mass is 433 g/mol. The van der Waals surface area contributed by atoms with Crippen LogP contribution >= 0.6 is 47.1 Å². The van der Waals surface area contributed by atoms with Crippen LogP contribution in [0.1, 0.15) is 21.7 Å². The molecule has 0 unspecified atom stereocenters. The van der Waals surface area contributed by atoms with Crippen molar-refractivity contribution in [2.75, 3.05) is 17.3 Å². The van der Waals surface area contributed by atoms with E-state index < -0.39 is 6.04 Å². The average Bonchev–Trinajstić information content (AvgIpc) is 3.12. The number of carbonyl (C=O) groups is 2. The van der Waals surface area contributed by atoms with Crippen LogP contribution in [-0.2, 0) is 11.3 Å². The maximum atomic E-state index is 12.3. The molecule has 1 aromatic carbocycles. The molecule has 4 N–H and O–H groups in total. The van der Waals surface area contributed by atoms with Gasteiger partial charge < -0.3 is 16.4 Å². The summed E-state index contributed by atoms with van der Waals surface area (Å²) >= 11 is 9.32. The molecule has 1 aromatic heterocycles. The molecule has 0 aliphatic carbocycles. The number of nitrogens with one attached hydrogen (secondary N) is 2. The third kappa shape index (κ3) is 6.81. The van der Waals surface area contributed by atoms with Crippen LogP contribution in [0.15, 0.2) is 35.7 Å². The number of amides is 2. The molecule has 0 bridgehead atoms. The van der Waals surface area contributed by atoms with Crippen LogP contribution in [0.25, 0.3) is 0 Å². The quantitative estimate of drug-likeness (QED) is 0.591. The third-order valence-corrected chi connectivity index (χ3v) is 5.30. The van der Waals surface area contributed by atoms with E-state index in [4.69, 9.17) is 17.3 Å².